The molecule has 0 radical (unpaired) electrons. The monoisotopic (exact) mass is 357 g/mol. The van der Waals surface area contributed by atoms with E-state index in [4.69, 9.17) is 5.73 Å². The van der Waals surface area contributed by atoms with E-state index in [1.54, 1.807) is 12.1 Å². The number of nitrogens with one attached hydrogen (secondary N) is 2. The minimum absolute atomic E-state index is 0.0286. The molecule has 1 aliphatic rings. The lowest BCUT2D eigenvalue weighted by Gasteiger charge is -2.22. The number of hydrogen-bond acceptors (Lipinski definition) is 4. The van der Waals surface area contributed by atoms with Crippen molar-refractivity contribution in [2.75, 3.05) is 5.32 Å². The second-order valence-electron chi connectivity index (χ2n) is 6.54. The minimum atomic E-state index is -0.738. The number of nitrogens with zero attached hydrogens (tertiary/aromatic N) is 2. The van der Waals surface area contributed by atoms with Gasteiger partial charge in [0.1, 0.15) is 0 Å². The molecule has 2 aromatic rings. The number of rotatable bonds is 5. The first kappa shape index (κ1) is 17.8. The molecule has 26 heavy (non-hydrogen) atoms. The number of amides is 3. The van der Waals surface area contributed by atoms with Gasteiger partial charge >= 0.3 is 6.03 Å². The Labute approximate surface area is 151 Å². The molecule has 138 valence electrons. The van der Waals surface area contributed by atoms with Gasteiger partial charge in [-0.2, -0.15) is 0 Å². The van der Waals surface area contributed by atoms with Crippen LogP contribution < -0.4 is 16.4 Å². The fraction of sp³-hybridized carbons (Fsp3) is 0.389. The molecule has 1 heterocycles. The molecule has 0 bridgehead atoms. The van der Waals surface area contributed by atoms with Gasteiger partial charge in [0.05, 0.1) is 6.33 Å². The van der Waals surface area contributed by atoms with E-state index in [1.807, 2.05) is 12.1 Å². The van der Waals surface area contributed by atoms with Crippen LogP contribution >= 0.6 is 0 Å². The van der Waals surface area contributed by atoms with E-state index in [2.05, 4.69) is 15.6 Å². The van der Waals surface area contributed by atoms with Crippen LogP contribution in [0.5, 0.6) is 5.88 Å². The van der Waals surface area contributed by atoms with Gasteiger partial charge in [-0.3, -0.25) is 4.79 Å². The molecule has 0 unspecified atom stereocenters. The van der Waals surface area contributed by atoms with Crippen molar-refractivity contribution in [1.82, 2.24) is 14.9 Å². The number of carbonyl (C=O) groups excluding carboxylic acids is 2. The van der Waals surface area contributed by atoms with Crippen LogP contribution in [0, 0.1) is 0 Å². The number of primary amides is 1. The van der Waals surface area contributed by atoms with Crippen LogP contribution in [0.2, 0.25) is 0 Å². The summed E-state index contributed by atoms with van der Waals surface area (Å²) in [6, 6.07) is 7.30. The third-order valence-corrected chi connectivity index (χ3v) is 4.56. The first-order chi connectivity index (χ1) is 12.5. The van der Waals surface area contributed by atoms with Gasteiger partial charge < -0.3 is 26.0 Å². The summed E-state index contributed by atoms with van der Waals surface area (Å²) in [6.45, 7) is 0.334. The number of aromatic nitrogens is 2. The largest absolute Gasteiger partial charge is 0.492 e. The van der Waals surface area contributed by atoms with Crippen molar-refractivity contribution >= 4 is 17.6 Å². The molecular weight excluding hydrogens is 334 g/mol. The fourth-order valence-electron chi connectivity index (χ4n) is 3.23. The molecule has 8 nitrogen and oxygen atoms in total. The van der Waals surface area contributed by atoms with Crippen LogP contribution in [0.1, 0.15) is 48.2 Å². The molecule has 5 N–H and O–H groups in total. The summed E-state index contributed by atoms with van der Waals surface area (Å²) in [5.74, 6) is -1.12. The first-order valence-corrected chi connectivity index (χ1v) is 8.73. The maximum Gasteiger partial charge on any atom is 0.319 e. The van der Waals surface area contributed by atoms with Gasteiger partial charge in [-0.15, -0.1) is 0 Å². The number of imidazole rings is 1. The number of anilines is 1. The highest BCUT2D eigenvalue weighted by Gasteiger charge is 2.17. The van der Waals surface area contributed by atoms with E-state index in [0.717, 1.165) is 31.2 Å². The first-order valence-electron chi connectivity index (χ1n) is 8.73. The lowest BCUT2D eigenvalue weighted by atomic mass is 9.96. The average molecular weight is 357 g/mol. The van der Waals surface area contributed by atoms with Crippen LogP contribution in [0.4, 0.5) is 10.5 Å². The van der Waals surface area contributed by atoms with Crippen molar-refractivity contribution in [3.63, 3.8) is 0 Å². The summed E-state index contributed by atoms with van der Waals surface area (Å²) in [7, 11) is 0. The van der Waals surface area contributed by atoms with Crippen molar-refractivity contribution in [1.29, 1.82) is 0 Å². The molecule has 0 aliphatic heterocycles. The van der Waals surface area contributed by atoms with E-state index in [9.17, 15) is 14.7 Å². The van der Waals surface area contributed by atoms with Crippen LogP contribution in [-0.4, -0.2) is 32.6 Å². The standard InChI is InChI=1S/C18H23N5O3/c19-16(24)15-17(25)20-11-23(15)10-12-6-8-14(9-7-12)22-18(26)21-13-4-2-1-3-5-13/h6-9,11,13,25H,1-5,10H2,(H2,19,24)(H2,21,22,26). The Balaban J connectivity index is 1.58. The minimum Gasteiger partial charge on any atom is -0.492 e. The van der Waals surface area contributed by atoms with Crippen molar-refractivity contribution in [2.24, 2.45) is 5.73 Å². The molecule has 1 aromatic carbocycles. The summed E-state index contributed by atoms with van der Waals surface area (Å²) >= 11 is 0. The Bertz CT molecular complexity index is 779. The van der Waals surface area contributed by atoms with Crippen molar-refractivity contribution in [3.8, 4) is 5.88 Å². The zero-order valence-electron chi connectivity index (χ0n) is 14.4. The molecular formula is C18H23N5O3. The number of urea groups is 1. The van der Waals surface area contributed by atoms with Crippen molar-refractivity contribution < 1.29 is 14.7 Å². The lowest BCUT2D eigenvalue weighted by molar-refractivity contribution is 0.0989. The quantitative estimate of drug-likeness (QED) is 0.655. The number of carbonyl (C=O) groups is 2. The van der Waals surface area contributed by atoms with E-state index >= 15 is 0 Å². The van der Waals surface area contributed by atoms with Crippen LogP contribution in [-0.2, 0) is 6.54 Å². The molecule has 0 saturated heterocycles. The molecule has 0 spiro atoms. The molecule has 3 rings (SSSR count). The number of hydrogen-bond donors (Lipinski definition) is 4. The number of aromatic hydroxyl groups is 1. The third-order valence-electron chi connectivity index (χ3n) is 4.56. The second-order valence-corrected chi connectivity index (χ2v) is 6.54. The smallest absolute Gasteiger partial charge is 0.319 e. The van der Waals surface area contributed by atoms with Crippen LogP contribution in [0.25, 0.3) is 0 Å². The van der Waals surface area contributed by atoms with E-state index < -0.39 is 5.91 Å². The maximum atomic E-state index is 12.1. The number of benzene rings is 1. The highest BCUT2D eigenvalue weighted by Crippen LogP contribution is 2.18. The summed E-state index contributed by atoms with van der Waals surface area (Å²) in [5, 5.41) is 15.4. The van der Waals surface area contributed by atoms with Crippen molar-refractivity contribution in [3.05, 3.63) is 41.9 Å². The van der Waals surface area contributed by atoms with Gasteiger partial charge in [0, 0.05) is 18.3 Å². The predicted octanol–water partition coefficient (Wildman–Crippen LogP) is 2.19. The van der Waals surface area contributed by atoms with Gasteiger partial charge in [-0.1, -0.05) is 31.4 Å². The normalized spacial score (nSPS) is 14.8. The molecule has 1 aromatic heterocycles. The topological polar surface area (TPSA) is 122 Å². The predicted molar refractivity (Wildman–Crippen MR) is 97.0 cm³/mol. The molecule has 0 atom stereocenters. The zero-order valence-corrected chi connectivity index (χ0v) is 14.4. The third kappa shape index (κ3) is 4.33. The Morgan fingerprint density at radius 1 is 1.19 bits per heavy atom. The SMILES string of the molecule is NC(=O)c1c(O)ncn1Cc1ccc(NC(=O)NC2CCCCC2)cc1. The van der Waals surface area contributed by atoms with Crippen LogP contribution in [0.3, 0.4) is 0 Å². The summed E-state index contributed by atoms with van der Waals surface area (Å²) < 4.78 is 1.48. The van der Waals surface area contributed by atoms with E-state index in [0.29, 0.717) is 12.2 Å². The van der Waals surface area contributed by atoms with E-state index in [1.165, 1.54) is 17.3 Å². The number of nitrogens with two attached hydrogens (primary N) is 1. The van der Waals surface area contributed by atoms with Gasteiger partial charge in [0.2, 0.25) is 5.88 Å². The fourth-order valence-corrected chi connectivity index (χ4v) is 3.23. The highest BCUT2D eigenvalue weighted by atomic mass is 16.3. The summed E-state index contributed by atoms with van der Waals surface area (Å²) in [6.07, 6.45) is 7.00. The molecule has 3 amide bonds. The van der Waals surface area contributed by atoms with Gasteiger partial charge in [0.25, 0.3) is 5.91 Å². The maximum absolute atomic E-state index is 12.1. The average Bonchev–Trinajstić information content (AvgIpc) is 2.98. The van der Waals surface area contributed by atoms with Crippen molar-refractivity contribution in [2.45, 2.75) is 44.7 Å². The summed E-state index contributed by atoms with van der Waals surface area (Å²) in [5.41, 5.74) is 6.79. The Morgan fingerprint density at radius 2 is 1.88 bits per heavy atom. The molecule has 1 saturated carbocycles. The molecule has 1 fully saturated rings. The van der Waals surface area contributed by atoms with E-state index in [-0.39, 0.29) is 23.6 Å². The Kier molecular flexibility index (Phi) is 5.40. The van der Waals surface area contributed by atoms with Gasteiger partial charge in [-0.25, -0.2) is 9.78 Å². The lowest BCUT2D eigenvalue weighted by Crippen LogP contribution is -2.38. The Hall–Kier alpha value is -3.03. The van der Waals surface area contributed by atoms with Crippen LogP contribution in [0.15, 0.2) is 30.6 Å². The molecule has 8 heteroatoms. The second kappa shape index (κ2) is 7.90. The Morgan fingerprint density at radius 3 is 2.54 bits per heavy atom. The summed E-state index contributed by atoms with van der Waals surface area (Å²) in [4.78, 5) is 27.1. The zero-order chi connectivity index (χ0) is 18.5. The highest BCUT2D eigenvalue weighted by molar-refractivity contribution is 5.93. The molecule has 1 aliphatic carbocycles. The van der Waals surface area contributed by atoms with Gasteiger partial charge in [-0.05, 0) is 30.5 Å². The van der Waals surface area contributed by atoms with Gasteiger partial charge in [0.15, 0.2) is 5.69 Å².